The molecule has 0 atom stereocenters. The first-order valence-corrected chi connectivity index (χ1v) is 6.86. The van der Waals surface area contributed by atoms with Crippen LogP contribution in [0.5, 0.6) is 0 Å². The summed E-state index contributed by atoms with van der Waals surface area (Å²) in [4.78, 5) is 0. The Kier molecular flexibility index (Phi) is 10.0. The fourth-order valence-electron chi connectivity index (χ4n) is 1.12. The van der Waals surface area contributed by atoms with Gasteiger partial charge >= 0.3 is 0 Å². The van der Waals surface area contributed by atoms with E-state index in [0.717, 1.165) is 13.0 Å². The molecule has 17 heavy (non-hydrogen) atoms. The molecule has 3 fully saturated rings. The molecule has 0 radical (unpaired) electrons. The Labute approximate surface area is 105 Å². The molecule has 0 bridgehead atoms. The highest BCUT2D eigenvalue weighted by molar-refractivity contribution is 5.58. The highest BCUT2D eigenvalue weighted by Crippen LogP contribution is 1.90. The molecule has 4 heterocycles. The largest absolute Gasteiger partial charge is 0.317 e. The Morgan fingerprint density at radius 2 is 1.12 bits per heavy atom. The second-order valence-electron chi connectivity index (χ2n) is 4.32. The minimum absolute atomic E-state index is 1.03. The molecule has 4 aliphatic rings. The van der Waals surface area contributed by atoms with E-state index in [1.807, 2.05) is 6.21 Å². The molecule has 0 aromatic heterocycles. The van der Waals surface area contributed by atoms with Crippen LogP contribution in [0.2, 0.25) is 0 Å². The normalized spacial score (nSPS) is 22.6. The van der Waals surface area contributed by atoms with Gasteiger partial charge in [-0.15, -0.1) is 0 Å². The minimum atomic E-state index is 1.03. The summed E-state index contributed by atoms with van der Waals surface area (Å²) in [5, 5.41) is 13.0. The van der Waals surface area contributed by atoms with Crippen LogP contribution in [0.15, 0.2) is 5.10 Å². The molecule has 3 saturated heterocycles. The van der Waals surface area contributed by atoms with Crippen LogP contribution in [0.1, 0.15) is 25.7 Å². The van der Waals surface area contributed by atoms with Gasteiger partial charge in [-0.1, -0.05) is 0 Å². The topological polar surface area (TPSA) is 70.4 Å². The van der Waals surface area contributed by atoms with Crippen LogP contribution in [-0.2, 0) is 0 Å². The lowest BCUT2D eigenvalue weighted by Crippen LogP contribution is -2.29. The summed E-state index contributed by atoms with van der Waals surface area (Å²) < 4.78 is 0. The lowest BCUT2D eigenvalue weighted by atomic mass is 10.3. The Bertz CT molecular complexity index is 153. The van der Waals surface area contributed by atoms with E-state index >= 15 is 0 Å². The van der Waals surface area contributed by atoms with E-state index in [4.69, 9.17) is 0 Å². The van der Waals surface area contributed by atoms with Crippen molar-refractivity contribution in [1.29, 1.82) is 0 Å². The molecule has 0 aliphatic carbocycles. The smallest absolute Gasteiger partial charge is 0.0379 e. The first kappa shape index (κ1) is 14.4. The fourth-order valence-corrected chi connectivity index (χ4v) is 1.12. The van der Waals surface area contributed by atoms with Crippen molar-refractivity contribution < 1.29 is 0 Å². The van der Waals surface area contributed by atoms with Gasteiger partial charge in [0, 0.05) is 32.3 Å². The standard InChI is InChI=1S/C4H9N.C3H6N2.C3H7N.C2H5N/c2*1-2-4-5-3-1;1-2-4-3-1;1-2-3-1/h5H,1-4H2;2,5H,1,3H2;4H,1-3H2;3H,1-2H2. The van der Waals surface area contributed by atoms with E-state index in [1.54, 1.807) is 0 Å². The molecule has 0 unspecified atom stereocenters. The van der Waals surface area contributed by atoms with Gasteiger partial charge in [-0.25, -0.2) is 0 Å². The van der Waals surface area contributed by atoms with Gasteiger partial charge < -0.3 is 21.4 Å². The third kappa shape index (κ3) is 13.3. The summed E-state index contributed by atoms with van der Waals surface area (Å²) in [7, 11) is 0. The van der Waals surface area contributed by atoms with Gasteiger partial charge in [0.05, 0.1) is 0 Å². The van der Waals surface area contributed by atoms with Crippen molar-refractivity contribution in [1.82, 2.24) is 21.4 Å². The van der Waals surface area contributed by atoms with Crippen LogP contribution in [0.25, 0.3) is 0 Å². The zero-order chi connectivity index (χ0) is 12.0. The molecule has 100 valence electrons. The molecular weight excluding hydrogens is 214 g/mol. The van der Waals surface area contributed by atoms with E-state index in [-0.39, 0.29) is 0 Å². The van der Waals surface area contributed by atoms with E-state index in [0.29, 0.717) is 0 Å². The highest BCUT2D eigenvalue weighted by Gasteiger charge is 1.93. The quantitative estimate of drug-likeness (QED) is 0.447. The number of nitrogens with one attached hydrogen (secondary N) is 4. The lowest BCUT2D eigenvalue weighted by Gasteiger charge is -2.09. The first-order valence-electron chi connectivity index (χ1n) is 6.86. The zero-order valence-electron chi connectivity index (χ0n) is 10.8. The van der Waals surface area contributed by atoms with Gasteiger partial charge in [-0.05, 0) is 45.4 Å². The molecule has 4 rings (SSSR count). The van der Waals surface area contributed by atoms with Crippen LogP contribution in [0, 0.1) is 0 Å². The van der Waals surface area contributed by atoms with Gasteiger partial charge in [-0.3, -0.25) is 0 Å². The monoisotopic (exact) mass is 241 g/mol. The van der Waals surface area contributed by atoms with Gasteiger partial charge in [0.15, 0.2) is 0 Å². The minimum Gasteiger partial charge on any atom is -0.317 e. The van der Waals surface area contributed by atoms with Gasteiger partial charge in [0.2, 0.25) is 0 Å². The molecular formula is C12H27N5. The Morgan fingerprint density at radius 1 is 0.647 bits per heavy atom. The molecule has 4 N–H and O–H groups in total. The summed E-state index contributed by atoms with van der Waals surface area (Å²) in [6.45, 7) is 8.53. The van der Waals surface area contributed by atoms with Crippen LogP contribution in [0.3, 0.4) is 0 Å². The van der Waals surface area contributed by atoms with Crippen LogP contribution < -0.4 is 21.4 Å². The summed E-state index contributed by atoms with van der Waals surface area (Å²) in [6, 6.07) is 0. The summed E-state index contributed by atoms with van der Waals surface area (Å²) in [5.41, 5.74) is 2.79. The van der Waals surface area contributed by atoms with Crippen molar-refractivity contribution in [2.24, 2.45) is 5.10 Å². The molecule has 5 nitrogen and oxygen atoms in total. The lowest BCUT2D eigenvalue weighted by molar-refractivity contribution is 0.527. The maximum atomic E-state index is 3.71. The van der Waals surface area contributed by atoms with Crippen LogP contribution in [-0.4, -0.2) is 52.0 Å². The van der Waals surface area contributed by atoms with Crippen molar-refractivity contribution in [2.45, 2.75) is 25.7 Å². The number of hydrogen-bond donors (Lipinski definition) is 4. The van der Waals surface area contributed by atoms with E-state index in [9.17, 15) is 0 Å². The summed E-state index contributed by atoms with van der Waals surface area (Å²) >= 11 is 0. The maximum absolute atomic E-state index is 3.71. The fraction of sp³-hybridized carbons (Fsp3) is 0.917. The third-order valence-corrected chi connectivity index (χ3v) is 2.48. The number of hydrazone groups is 1. The SMILES string of the molecule is C1=NNCC1.C1CCNC1.C1CN1.C1CNC1. The Balaban J connectivity index is 0.000000115. The average Bonchev–Trinajstić information content (AvgIpc) is 2.89. The summed E-state index contributed by atoms with van der Waals surface area (Å²) in [5.74, 6) is 0. The predicted molar refractivity (Wildman–Crippen MR) is 73.6 cm³/mol. The number of rotatable bonds is 0. The first-order chi connectivity index (χ1) is 8.50. The van der Waals surface area contributed by atoms with Gasteiger partial charge in [-0.2, -0.15) is 5.10 Å². The molecule has 4 aliphatic heterocycles. The average molecular weight is 241 g/mol. The van der Waals surface area contributed by atoms with E-state index < -0.39 is 0 Å². The van der Waals surface area contributed by atoms with Crippen LogP contribution in [0.4, 0.5) is 0 Å². The summed E-state index contributed by atoms with van der Waals surface area (Å²) in [6.07, 6.45) is 7.14. The molecule has 0 aromatic carbocycles. The van der Waals surface area contributed by atoms with Gasteiger partial charge in [0.25, 0.3) is 0 Å². The van der Waals surface area contributed by atoms with E-state index in [1.165, 1.54) is 58.5 Å². The molecule has 0 saturated carbocycles. The zero-order valence-corrected chi connectivity index (χ0v) is 10.8. The van der Waals surface area contributed by atoms with Crippen molar-refractivity contribution in [3.63, 3.8) is 0 Å². The number of nitrogens with zero attached hydrogens (tertiary/aromatic N) is 1. The molecule has 5 heteroatoms. The molecule has 0 amide bonds. The number of hydrogen-bond acceptors (Lipinski definition) is 5. The van der Waals surface area contributed by atoms with Gasteiger partial charge in [0.1, 0.15) is 0 Å². The maximum Gasteiger partial charge on any atom is 0.0379 e. The highest BCUT2D eigenvalue weighted by atomic mass is 15.3. The Morgan fingerprint density at radius 3 is 1.24 bits per heavy atom. The van der Waals surface area contributed by atoms with Crippen molar-refractivity contribution in [3.05, 3.63) is 0 Å². The third-order valence-electron chi connectivity index (χ3n) is 2.48. The van der Waals surface area contributed by atoms with E-state index in [2.05, 4.69) is 26.5 Å². The van der Waals surface area contributed by atoms with Crippen molar-refractivity contribution >= 4 is 6.21 Å². The van der Waals surface area contributed by atoms with Crippen molar-refractivity contribution in [3.8, 4) is 0 Å². The van der Waals surface area contributed by atoms with Crippen LogP contribution >= 0.6 is 0 Å². The predicted octanol–water partition coefficient (Wildman–Crippen LogP) is -0.0954. The van der Waals surface area contributed by atoms with Crippen molar-refractivity contribution in [2.75, 3.05) is 45.8 Å². The Hall–Kier alpha value is -0.650. The second-order valence-corrected chi connectivity index (χ2v) is 4.32. The molecule has 0 aromatic rings. The molecule has 0 spiro atoms. The second kappa shape index (κ2) is 11.8.